The van der Waals surface area contributed by atoms with Gasteiger partial charge >= 0.3 is 0 Å². The summed E-state index contributed by atoms with van der Waals surface area (Å²) in [5, 5.41) is 13.5. The third-order valence-corrected chi connectivity index (χ3v) is 3.74. The van der Waals surface area contributed by atoms with E-state index in [1.807, 2.05) is 32.0 Å². The van der Waals surface area contributed by atoms with Crippen molar-refractivity contribution in [2.45, 2.75) is 39.7 Å². The largest absolute Gasteiger partial charge is 0.507 e. The van der Waals surface area contributed by atoms with Gasteiger partial charge in [-0.3, -0.25) is 0 Å². The van der Waals surface area contributed by atoms with E-state index < -0.39 is 0 Å². The molecule has 0 saturated carbocycles. The Balaban J connectivity index is 1.95. The molecule has 2 N–H and O–H groups in total. The van der Waals surface area contributed by atoms with Gasteiger partial charge in [-0.15, -0.1) is 0 Å². The number of nitrogens with one attached hydrogen (secondary N) is 1. The number of aryl methyl sites for hydroxylation is 2. The van der Waals surface area contributed by atoms with Gasteiger partial charge in [-0.2, -0.15) is 0 Å². The highest BCUT2D eigenvalue weighted by Gasteiger charge is 2.09. The predicted octanol–water partition coefficient (Wildman–Crippen LogP) is 4.44. The first kappa shape index (κ1) is 14.4. The first-order valence-corrected chi connectivity index (χ1v) is 7.17. The molecule has 1 atom stereocenters. The van der Waals surface area contributed by atoms with Gasteiger partial charge in [-0.25, -0.2) is 0 Å². The van der Waals surface area contributed by atoms with Crippen LogP contribution < -0.4 is 5.32 Å². The van der Waals surface area contributed by atoms with Gasteiger partial charge in [0.25, 0.3) is 0 Å². The van der Waals surface area contributed by atoms with E-state index in [2.05, 4.69) is 36.5 Å². The number of hydrogen-bond donors (Lipinski definition) is 2. The molecule has 0 bridgehead atoms. The van der Waals surface area contributed by atoms with Gasteiger partial charge in [0.2, 0.25) is 0 Å². The van der Waals surface area contributed by atoms with E-state index in [0.29, 0.717) is 11.8 Å². The summed E-state index contributed by atoms with van der Waals surface area (Å²) in [7, 11) is 0. The van der Waals surface area contributed by atoms with Crippen molar-refractivity contribution in [3.63, 3.8) is 0 Å². The Labute approximate surface area is 121 Å². The number of rotatable bonds is 5. The van der Waals surface area contributed by atoms with Crippen molar-refractivity contribution < 1.29 is 5.11 Å². The highest BCUT2D eigenvalue weighted by Crippen LogP contribution is 2.28. The van der Waals surface area contributed by atoms with E-state index in [9.17, 15) is 5.11 Å². The maximum absolute atomic E-state index is 9.97. The second-order valence-electron chi connectivity index (χ2n) is 5.47. The molecule has 2 aromatic rings. The number of phenols is 1. The van der Waals surface area contributed by atoms with E-state index in [1.54, 1.807) is 0 Å². The van der Waals surface area contributed by atoms with Crippen molar-refractivity contribution in [1.82, 2.24) is 0 Å². The van der Waals surface area contributed by atoms with Crippen LogP contribution in [0.2, 0.25) is 0 Å². The Bertz CT molecular complexity index is 563. The lowest BCUT2D eigenvalue weighted by atomic mass is 10.0. The average Bonchev–Trinajstić information content (AvgIpc) is 2.47. The molecule has 0 amide bonds. The molecule has 2 aromatic carbocycles. The maximum atomic E-state index is 9.97. The first-order valence-electron chi connectivity index (χ1n) is 7.17. The number of aromatic hydroxyl groups is 1. The highest BCUT2D eigenvalue weighted by atomic mass is 16.3. The molecule has 0 aliphatic carbocycles. The summed E-state index contributed by atoms with van der Waals surface area (Å²) in [5.41, 5.74) is 4.24. The molecule has 0 radical (unpaired) electrons. The van der Waals surface area contributed by atoms with Gasteiger partial charge in [-0.05, 0) is 50.8 Å². The summed E-state index contributed by atoms with van der Waals surface area (Å²) in [6.07, 6.45) is 2.13. The average molecular weight is 269 g/mol. The molecule has 0 heterocycles. The van der Waals surface area contributed by atoms with E-state index in [0.717, 1.165) is 29.7 Å². The second kappa shape index (κ2) is 6.47. The van der Waals surface area contributed by atoms with Crippen LogP contribution in [0.5, 0.6) is 5.75 Å². The molecule has 106 valence electrons. The van der Waals surface area contributed by atoms with Gasteiger partial charge in [0.05, 0.1) is 0 Å². The summed E-state index contributed by atoms with van der Waals surface area (Å²) >= 11 is 0. The molecule has 0 aliphatic heterocycles. The van der Waals surface area contributed by atoms with Crippen molar-refractivity contribution in [3.05, 3.63) is 59.2 Å². The lowest BCUT2D eigenvalue weighted by Gasteiger charge is -2.18. The van der Waals surface area contributed by atoms with E-state index in [1.165, 1.54) is 5.56 Å². The molecule has 2 rings (SSSR count). The molecular weight excluding hydrogens is 246 g/mol. The summed E-state index contributed by atoms with van der Waals surface area (Å²) < 4.78 is 0. The molecule has 20 heavy (non-hydrogen) atoms. The van der Waals surface area contributed by atoms with Gasteiger partial charge < -0.3 is 10.4 Å². The molecule has 2 nitrogen and oxygen atoms in total. The fourth-order valence-corrected chi connectivity index (χ4v) is 2.36. The van der Waals surface area contributed by atoms with E-state index >= 15 is 0 Å². The lowest BCUT2D eigenvalue weighted by Crippen LogP contribution is -2.16. The van der Waals surface area contributed by atoms with Crippen LogP contribution in [0.3, 0.4) is 0 Å². The summed E-state index contributed by atoms with van der Waals surface area (Å²) in [6.45, 7) is 6.05. The highest BCUT2D eigenvalue weighted by molar-refractivity contribution is 5.59. The molecule has 0 saturated heterocycles. The standard InChI is InChI=1S/C18H23NO/c1-13-9-12-17(15(3)18(13)20)19-14(2)10-11-16-7-5-4-6-8-16/h4-9,12,14,19-20H,10-11H2,1-3H3. The fourth-order valence-electron chi connectivity index (χ4n) is 2.36. The van der Waals surface area contributed by atoms with Crippen molar-refractivity contribution in [2.24, 2.45) is 0 Å². The first-order chi connectivity index (χ1) is 9.58. The van der Waals surface area contributed by atoms with Crippen LogP contribution in [-0.2, 0) is 6.42 Å². The molecule has 0 aliphatic rings. The minimum absolute atomic E-state index is 0.371. The van der Waals surface area contributed by atoms with Gasteiger partial charge in [0.1, 0.15) is 5.75 Å². The van der Waals surface area contributed by atoms with Crippen LogP contribution in [0.4, 0.5) is 5.69 Å². The normalized spacial score (nSPS) is 12.2. The zero-order valence-electron chi connectivity index (χ0n) is 12.5. The Morgan fingerprint density at radius 3 is 2.45 bits per heavy atom. The van der Waals surface area contributed by atoms with Gasteiger partial charge in [0.15, 0.2) is 0 Å². The van der Waals surface area contributed by atoms with Crippen LogP contribution >= 0.6 is 0 Å². The fraction of sp³-hybridized carbons (Fsp3) is 0.333. The molecule has 0 fully saturated rings. The van der Waals surface area contributed by atoms with Crippen molar-refractivity contribution in [3.8, 4) is 5.75 Å². The monoisotopic (exact) mass is 269 g/mol. The third-order valence-electron chi connectivity index (χ3n) is 3.74. The summed E-state index contributed by atoms with van der Waals surface area (Å²) in [5.74, 6) is 0.394. The van der Waals surface area contributed by atoms with Crippen LogP contribution in [0.15, 0.2) is 42.5 Å². The van der Waals surface area contributed by atoms with Crippen LogP contribution in [0.1, 0.15) is 30.0 Å². The number of anilines is 1. The van der Waals surface area contributed by atoms with Crippen LogP contribution in [0, 0.1) is 13.8 Å². The Morgan fingerprint density at radius 2 is 1.75 bits per heavy atom. The van der Waals surface area contributed by atoms with Crippen molar-refractivity contribution >= 4 is 5.69 Å². The van der Waals surface area contributed by atoms with Crippen LogP contribution in [0.25, 0.3) is 0 Å². The topological polar surface area (TPSA) is 32.3 Å². The maximum Gasteiger partial charge on any atom is 0.123 e. The zero-order valence-corrected chi connectivity index (χ0v) is 12.5. The molecule has 0 spiro atoms. The number of hydrogen-bond acceptors (Lipinski definition) is 2. The van der Waals surface area contributed by atoms with Gasteiger partial charge in [-0.1, -0.05) is 36.4 Å². The minimum Gasteiger partial charge on any atom is -0.507 e. The predicted molar refractivity (Wildman–Crippen MR) is 85.4 cm³/mol. The molecule has 0 aromatic heterocycles. The van der Waals surface area contributed by atoms with Crippen molar-refractivity contribution in [1.29, 1.82) is 0 Å². The summed E-state index contributed by atoms with van der Waals surface area (Å²) in [4.78, 5) is 0. The minimum atomic E-state index is 0.371. The third kappa shape index (κ3) is 3.53. The second-order valence-corrected chi connectivity index (χ2v) is 5.47. The molecule has 1 unspecified atom stereocenters. The van der Waals surface area contributed by atoms with E-state index in [4.69, 9.17) is 0 Å². The number of phenolic OH excluding ortho intramolecular Hbond substituents is 1. The zero-order chi connectivity index (χ0) is 14.5. The lowest BCUT2D eigenvalue weighted by molar-refractivity contribution is 0.467. The Morgan fingerprint density at radius 1 is 1.05 bits per heavy atom. The van der Waals surface area contributed by atoms with Crippen LogP contribution in [-0.4, -0.2) is 11.1 Å². The number of benzene rings is 2. The SMILES string of the molecule is Cc1ccc(NC(C)CCc2ccccc2)c(C)c1O. The smallest absolute Gasteiger partial charge is 0.123 e. The summed E-state index contributed by atoms with van der Waals surface area (Å²) in [6, 6.07) is 14.9. The van der Waals surface area contributed by atoms with Gasteiger partial charge in [0, 0.05) is 17.3 Å². The van der Waals surface area contributed by atoms with E-state index in [-0.39, 0.29) is 0 Å². The molecule has 2 heteroatoms. The van der Waals surface area contributed by atoms with Crippen molar-refractivity contribution in [2.75, 3.05) is 5.32 Å². The Kier molecular flexibility index (Phi) is 4.67. The molecular formula is C18H23NO. The quantitative estimate of drug-likeness (QED) is 0.841. The Hall–Kier alpha value is -1.96.